The van der Waals surface area contributed by atoms with E-state index in [1.54, 1.807) is 14.0 Å². The van der Waals surface area contributed by atoms with Crippen LogP contribution in [-0.4, -0.2) is 78.7 Å². The number of amides is 1. The van der Waals surface area contributed by atoms with E-state index in [2.05, 4.69) is 11.9 Å². The number of carbonyl (C=O) groups is 2. The molecule has 3 aliphatic heterocycles. The van der Waals surface area contributed by atoms with Gasteiger partial charge in [0.05, 0.1) is 37.4 Å². The molecular weight excluding hydrogens is 452 g/mol. The molecule has 9 heteroatoms. The molecule has 4 rings (SSSR count). The third-order valence-corrected chi connectivity index (χ3v) is 7.20. The fourth-order valence-electron chi connectivity index (χ4n) is 4.53. The summed E-state index contributed by atoms with van der Waals surface area (Å²) in [4.78, 5) is 37.3. The number of thioether (sulfide) groups is 1. The lowest BCUT2D eigenvalue weighted by Gasteiger charge is -2.36. The minimum Gasteiger partial charge on any atom is -0.497 e. The Labute approximate surface area is 205 Å². The molecule has 0 saturated carbocycles. The van der Waals surface area contributed by atoms with E-state index in [-0.39, 0.29) is 18.9 Å². The topological polar surface area (TPSA) is 74.7 Å². The molecule has 1 amide bonds. The van der Waals surface area contributed by atoms with Gasteiger partial charge in [0.2, 0.25) is 5.91 Å². The van der Waals surface area contributed by atoms with Crippen LogP contribution >= 0.6 is 11.8 Å². The Kier molecular flexibility index (Phi) is 7.63. The van der Waals surface area contributed by atoms with Gasteiger partial charge in [0.15, 0.2) is 5.17 Å². The molecule has 182 valence electrons. The van der Waals surface area contributed by atoms with Crippen LogP contribution < -0.4 is 4.74 Å². The van der Waals surface area contributed by atoms with E-state index in [4.69, 9.17) is 14.5 Å². The van der Waals surface area contributed by atoms with Gasteiger partial charge < -0.3 is 24.2 Å². The minimum absolute atomic E-state index is 0.0942. The smallest absolute Gasteiger partial charge is 0.338 e. The predicted molar refractivity (Wildman–Crippen MR) is 133 cm³/mol. The minimum atomic E-state index is -0.453. The molecule has 0 aromatic heterocycles. The number of esters is 1. The lowest BCUT2D eigenvalue weighted by atomic mass is 9.93. The molecule has 34 heavy (non-hydrogen) atoms. The van der Waals surface area contributed by atoms with Gasteiger partial charge in [-0.2, -0.15) is 0 Å². The van der Waals surface area contributed by atoms with Crippen molar-refractivity contribution in [2.24, 2.45) is 4.99 Å². The molecule has 1 aromatic carbocycles. The molecule has 3 aliphatic rings. The van der Waals surface area contributed by atoms with Crippen molar-refractivity contribution in [2.45, 2.75) is 32.7 Å². The van der Waals surface area contributed by atoms with E-state index in [9.17, 15) is 9.59 Å². The first-order chi connectivity index (χ1) is 16.4. The van der Waals surface area contributed by atoms with E-state index in [0.29, 0.717) is 17.0 Å². The highest BCUT2D eigenvalue weighted by Crippen LogP contribution is 2.45. The number of likely N-dealkylation sites (N-methyl/N-ethyl adjacent to an activating group) is 1. The van der Waals surface area contributed by atoms with Crippen molar-refractivity contribution in [3.8, 4) is 5.75 Å². The maximum atomic E-state index is 13.3. The molecule has 0 radical (unpaired) electrons. The van der Waals surface area contributed by atoms with E-state index in [0.717, 1.165) is 49.0 Å². The summed E-state index contributed by atoms with van der Waals surface area (Å²) in [7, 11) is 3.71. The fraction of sp³-hybridized carbons (Fsp3) is 0.480. The number of hydrogen-bond acceptors (Lipinski definition) is 8. The Balaban J connectivity index is 1.67. The van der Waals surface area contributed by atoms with Gasteiger partial charge in [-0.25, -0.2) is 9.79 Å². The highest BCUT2D eigenvalue weighted by atomic mass is 32.2. The average Bonchev–Trinajstić information content (AvgIpc) is 3.07. The summed E-state index contributed by atoms with van der Waals surface area (Å²) in [6.45, 7) is 7.26. The second-order valence-corrected chi connectivity index (χ2v) is 9.44. The third kappa shape index (κ3) is 5.00. The van der Waals surface area contributed by atoms with Gasteiger partial charge in [0.25, 0.3) is 0 Å². The number of carbonyl (C=O) groups excluding carboxylic acids is 2. The molecule has 0 N–H and O–H groups in total. The van der Waals surface area contributed by atoms with E-state index in [1.165, 1.54) is 11.8 Å². The first-order valence-corrected chi connectivity index (χ1v) is 12.5. The van der Waals surface area contributed by atoms with Gasteiger partial charge in [-0.1, -0.05) is 23.9 Å². The lowest BCUT2D eigenvalue weighted by molar-refractivity contribution is -0.139. The molecule has 0 bridgehead atoms. The standard InChI is InChI=1S/C25H32N4O4S/c1-5-33-24(31)22-17(2)26-25-29(23(22)18-8-6-9-20(14-18)32-4)19(16-34-25)15-21(30)28-11-7-10-27(3)12-13-28/h6,8-9,14,16,23H,5,7,10-13,15H2,1-4H3/t23-/m1/s1. The largest absolute Gasteiger partial charge is 0.497 e. The number of methoxy groups -OCH3 is 1. The highest BCUT2D eigenvalue weighted by Gasteiger charge is 2.41. The van der Waals surface area contributed by atoms with Crippen LogP contribution in [0, 0.1) is 0 Å². The molecule has 1 atom stereocenters. The van der Waals surface area contributed by atoms with Crippen LogP contribution in [0.4, 0.5) is 0 Å². The van der Waals surface area contributed by atoms with Crippen molar-refractivity contribution < 1.29 is 19.1 Å². The number of allylic oxidation sites excluding steroid dienone is 1. The van der Waals surface area contributed by atoms with Gasteiger partial charge in [0.1, 0.15) is 5.75 Å². The quantitative estimate of drug-likeness (QED) is 0.573. The van der Waals surface area contributed by atoms with Crippen LogP contribution in [0.1, 0.15) is 38.3 Å². The second-order valence-electron chi connectivity index (χ2n) is 8.60. The zero-order chi connectivity index (χ0) is 24.2. The van der Waals surface area contributed by atoms with Crippen LogP contribution in [0.2, 0.25) is 0 Å². The number of hydrogen-bond donors (Lipinski definition) is 0. The van der Waals surface area contributed by atoms with Gasteiger partial charge in [-0.15, -0.1) is 0 Å². The summed E-state index contributed by atoms with van der Waals surface area (Å²) < 4.78 is 10.9. The molecule has 0 aliphatic carbocycles. The molecule has 1 fully saturated rings. The molecule has 0 spiro atoms. The van der Waals surface area contributed by atoms with Crippen LogP contribution in [-0.2, 0) is 14.3 Å². The SMILES string of the molecule is CCOC(=O)C1=C(C)N=C2SC=C(CC(=O)N3CCCN(C)CC3)N2[C@@H]1c1cccc(OC)c1. The number of ether oxygens (including phenoxy) is 2. The predicted octanol–water partition coefficient (Wildman–Crippen LogP) is 3.39. The zero-order valence-electron chi connectivity index (χ0n) is 20.2. The number of rotatable bonds is 6. The Hall–Kier alpha value is -2.78. The first-order valence-electron chi connectivity index (χ1n) is 11.6. The van der Waals surface area contributed by atoms with E-state index < -0.39 is 12.0 Å². The number of amidine groups is 1. The molecule has 0 unspecified atom stereocenters. The van der Waals surface area contributed by atoms with E-state index >= 15 is 0 Å². The molecule has 1 saturated heterocycles. The van der Waals surface area contributed by atoms with Crippen molar-refractivity contribution in [3.05, 3.63) is 52.2 Å². The number of benzene rings is 1. The van der Waals surface area contributed by atoms with Gasteiger partial charge in [-0.3, -0.25) is 4.79 Å². The van der Waals surface area contributed by atoms with Crippen molar-refractivity contribution in [1.29, 1.82) is 0 Å². The molecule has 8 nitrogen and oxygen atoms in total. The zero-order valence-corrected chi connectivity index (χ0v) is 21.1. The summed E-state index contributed by atoms with van der Waals surface area (Å²) in [6, 6.07) is 7.22. The number of aliphatic imine (C=N–C) groups is 1. The average molecular weight is 485 g/mol. The highest BCUT2D eigenvalue weighted by molar-refractivity contribution is 8.16. The number of nitrogens with zero attached hydrogens (tertiary/aromatic N) is 4. The third-order valence-electron chi connectivity index (χ3n) is 6.31. The summed E-state index contributed by atoms with van der Waals surface area (Å²) in [5, 5.41) is 2.74. The Morgan fingerprint density at radius 1 is 1.21 bits per heavy atom. The Morgan fingerprint density at radius 3 is 2.79 bits per heavy atom. The first kappa shape index (κ1) is 24.3. The van der Waals surface area contributed by atoms with Crippen LogP contribution in [0.25, 0.3) is 0 Å². The molecular formula is C25H32N4O4S. The van der Waals surface area contributed by atoms with Crippen molar-refractivity contribution in [2.75, 3.05) is 46.9 Å². The van der Waals surface area contributed by atoms with Crippen molar-refractivity contribution in [3.63, 3.8) is 0 Å². The number of fused-ring (bicyclic) bond motifs is 1. The fourth-order valence-corrected chi connectivity index (χ4v) is 5.49. The Morgan fingerprint density at radius 2 is 2.03 bits per heavy atom. The van der Waals surface area contributed by atoms with E-state index in [1.807, 2.05) is 46.4 Å². The molecule has 3 heterocycles. The molecule has 1 aromatic rings. The Bertz CT molecular complexity index is 1050. The van der Waals surface area contributed by atoms with Crippen molar-refractivity contribution >= 4 is 28.8 Å². The van der Waals surface area contributed by atoms with Gasteiger partial charge >= 0.3 is 5.97 Å². The van der Waals surface area contributed by atoms with Crippen molar-refractivity contribution in [1.82, 2.24) is 14.7 Å². The summed E-state index contributed by atoms with van der Waals surface area (Å²) in [5.74, 6) is 0.398. The van der Waals surface area contributed by atoms with Gasteiger partial charge in [0, 0.05) is 25.3 Å². The van der Waals surface area contributed by atoms with Crippen LogP contribution in [0.5, 0.6) is 5.75 Å². The normalized spacial score (nSPS) is 21.0. The monoisotopic (exact) mass is 484 g/mol. The summed E-state index contributed by atoms with van der Waals surface area (Å²) >= 11 is 1.48. The summed E-state index contributed by atoms with van der Waals surface area (Å²) in [6.07, 6.45) is 1.22. The van der Waals surface area contributed by atoms with Gasteiger partial charge in [-0.05, 0) is 57.0 Å². The maximum Gasteiger partial charge on any atom is 0.338 e. The second kappa shape index (κ2) is 10.7. The maximum absolute atomic E-state index is 13.3. The van der Waals surface area contributed by atoms with Crippen LogP contribution in [0.15, 0.2) is 51.6 Å². The lowest BCUT2D eigenvalue weighted by Crippen LogP contribution is -2.39. The van der Waals surface area contributed by atoms with Crippen LogP contribution in [0.3, 0.4) is 0 Å². The summed E-state index contributed by atoms with van der Waals surface area (Å²) in [5.41, 5.74) is 2.83.